The van der Waals surface area contributed by atoms with Gasteiger partial charge in [-0.3, -0.25) is 14.3 Å². The molecule has 1 heterocycles. The number of carbonyl (C=O) groups excluding carboxylic acids is 1. The van der Waals surface area contributed by atoms with Crippen molar-refractivity contribution in [1.29, 1.82) is 0 Å². The van der Waals surface area contributed by atoms with Gasteiger partial charge in [0.25, 0.3) is 15.9 Å². The molecule has 1 amide bonds. The standard InChI is InChI=1S/C15H12ClF3N2O5S2/c1-7-4-11(13(24)20-6-12(22)23)27-14(7)28(25,26)21-10-5-8(15(17,18)19)2-3-9(10)16/h2-5,21H,6H2,1H3,(H,20,24)(H,22,23). The van der Waals surface area contributed by atoms with E-state index in [1.54, 1.807) is 0 Å². The highest BCUT2D eigenvalue weighted by molar-refractivity contribution is 7.94. The second-order valence-corrected chi connectivity index (χ2v) is 8.79. The van der Waals surface area contributed by atoms with Gasteiger partial charge in [-0.15, -0.1) is 11.3 Å². The number of carboxylic acids is 1. The van der Waals surface area contributed by atoms with E-state index in [0.29, 0.717) is 23.5 Å². The van der Waals surface area contributed by atoms with Crippen molar-refractivity contribution in [3.05, 3.63) is 45.3 Å². The van der Waals surface area contributed by atoms with E-state index >= 15 is 0 Å². The van der Waals surface area contributed by atoms with Crippen LogP contribution in [0, 0.1) is 6.92 Å². The Morgan fingerprint density at radius 3 is 2.46 bits per heavy atom. The van der Waals surface area contributed by atoms with E-state index in [9.17, 15) is 31.2 Å². The Balaban J connectivity index is 2.34. The summed E-state index contributed by atoms with van der Waals surface area (Å²) in [6.07, 6.45) is -4.70. The maximum atomic E-state index is 12.8. The first kappa shape index (κ1) is 22.0. The quantitative estimate of drug-likeness (QED) is 0.617. The van der Waals surface area contributed by atoms with Crippen LogP contribution in [0.4, 0.5) is 18.9 Å². The predicted molar refractivity (Wildman–Crippen MR) is 96.3 cm³/mol. The molecule has 0 saturated heterocycles. The molecular weight excluding hydrogens is 445 g/mol. The third-order valence-electron chi connectivity index (χ3n) is 3.28. The minimum atomic E-state index is -4.70. The van der Waals surface area contributed by atoms with Gasteiger partial charge < -0.3 is 10.4 Å². The van der Waals surface area contributed by atoms with Gasteiger partial charge in [0.2, 0.25) is 0 Å². The molecule has 13 heteroatoms. The number of nitrogens with one attached hydrogen (secondary N) is 2. The number of rotatable bonds is 6. The van der Waals surface area contributed by atoms with Gasteiger partial charge in [-0.2, -0.15) is 13.2 Å². The van der Waals surface area contributed by atoms with Crippen molar-refractivity contribution in [1.82, 2.24) is 5.32 Å². The lowest BCUT2D eigenvalue weighted by Gasteiger charge is -2.12. The fraction of sp³-hybridized carbons (Fsp3) is 0.200. The SMILES string of the molecule is Cc1cc(C(=O)NCC(=O)O)sc1S(=O)(=O)Nc1cc(C(F)(F)F)ccc1Cl. The zero-order valence-electron chi connectivity index (χ0n) is 13.9. The summed E-state index contributed by atoms with van der Waals surface area (Å²) in [6, 6.07) is 3.41. The molecule has 1 aromatic heterocycles. The minimum absolute atomic E-state index is 0.0748. The first-order chi connectivity index (χ1) is 12.8. The molecule has 0 saturated carbocycles. The molecule has 0 spiro atoms. The van der Waals surface area contributed by atoms with E-state index in [2.05, 4.69) is 5.32 Å². The van der Waals surface area contributed by atoms with E-state index in [-0.39, 0.29) is 19.7 Å². The van der Waals surface area contributed by atoms with Crippen molar-refractivity contribution in [3.8, 4) is 0 Å². The number of sulfonamides is 1. The van der Waals surface area contributed by atoms with E-state index in [0.717, 1.165) is 6.07 Å². The number of hydrogen-bond acceptors (Lipinski definition) is 5. The number of aliphatic carboxylic acids is 1. The number of alkyl halides is 3. The van der Waals surface area contributed by atoms with E-state index < -0.39 is 45.9 Å². The lowest BCUT2D eigenvalue weighted by Crippen LogP contribution is -2.28. The van der Waals surface area contributed by atoms with Gasteiger partial charge in [0.15, 0.2) is 0 Å². The largest absolute Gasteiger partial charge is 0.480 e. The Labute approximate surface area is 166 Å². The molecule has 0 aliphatic rings. The Morgan fingerprint density at radius 2 is 1.89 bits per heavy atom. The van der Waals surface area contributed by atoms with Gasteiger partial charge in [-0.05, 0) is 36.8 Å². The van der Waals surface area contributed by atoms with Crippen molar-refractivity contribution >= 4 is 50.5 Å². The number of thiophene rings is 1. The summed E-state index contributed by atoms with van der Waals surface area (Å²) >= 11 is 6.34. The average Bonchev–Trinajstić information content (AvgIpc) is 2.96. The first-order valence-corrected chi connectivity index (χ1v) is 9.99. The van der Waals surface area contributed by atoms with Crippen LogP contribution in [0.3, 0.4) is 0 Å². The van der Waals surface area contributed by atoms with E-state index in [1.807, 2.05) is 4.72 Å². The molecule has 1 aromatic carbocycles. The summed E-state index contributed by atoms with van der Waals surface area (Å²) in [5.74, 6) is -2.08. The summed E-state index contributed by atoms with van der Waals surface area (Å²) in [7, 11) is -4.35. The number of carbonyl (C=O) groups is 2. The Morgan fingerprint density at radius 1 is 1.25 bits per heavy atom. The van der Waals surface area contributed by atoms with Gasteiger partial charge in [0, 0.05) is 0 Å². The van der Waals surface area contributed by atoms with Crippen molar-refractivity contribution in [2.45, 2.75) is 17.3 Å². The maximum absolute atomic E-state index is 12.8. The van der Waals surface area contributed by atoms with Crippen LogP contribution in [0.5, 0.6) is 0 Å². The van der Waals surface area contributed by atoms with Crippen molar-refractivity contribution < 1.29 is 36.3 Å². The number of carboxylic acid groups (broad SMARTS) is 1. The number of aryl methyl sites for hydroxylation is 1. The van der Waals surface area contributed by atoms with Gasteiger partial charge in [-0.1, -0.05) is 11.6 Å². The second-order valence-electron chi connectivity index (χ2n) is 5.46. The third kappa shape index (κ3) is 5.14. The highest BCUT2D eigenvalue weighted by atomic mass is 35.5. The molecule has 0 aliphatic heterocycles. The van der Waals surface area contributed by atoms with Gasteiger partial charge in [0.05, 0.1) is 21.2 Å². The van der Waals surface area contributed by atoms with Gasteiger partial charge in [-0.25, -0.2) is 8.42 Å². The molecule has 7 nitrogen and oxygen atoms in total. The monoisotopic (exact) mass is 456 g/mol. The highest BCUT2D eigenvalue weighted by Crippen LogP contribution is 2.35. The Hall–Kier alpha value is -2.31. The number of halogens is 4. The van der Waals surface area contributed by atoms with Crippen LogP contribution in [-0.2, 0) is 21.0 Å². The number of benzene rings is 1. The van der Waals surface area contributed by atoms with Crippen LogP contribution in [0.1, 0.15) is 20.8 Å². The fourth-order valence-corrected chi connectivity index (χ4v) is 4.97. The maximum Gasteiger partial charge on any atom is 0.416 e. The number of amides is 1. The third-order valence-corrected chi connectivity index (χ3v) is 6.85. The van der Waals surface area contributed by atoms with Crippen LogP contribution in [0.25, 0.3) is 0 Å². The van der Waals surface area contributed by atoms with Crippen LogP contribution in [0.15, 0.2) is 28.5 Å². The molecule has 152 valence electrons. The average molecular weight is 457 g/mol. The Bertz CT molecular complexity index is 1030. The lowest BCUT2D eigenvalue weighted by atomic mass is 10.2. The zero-order valence-corrected chi connectivity index (χ0v) is 16.3. The molecule has 0 atom stereocenters. The van der Waals surface area contributed by atoms with Gasteiger partial charge in [0.1, 0.15) is 10.8 Å². The molecule has 3 N–H and O–H groups in total. The van der Waals surface area contributed by atoms with Crippen LogP contribution >= 0.6 is 22.9 Å². The molecule has 2 rings (SSSR count). The van der Waals surface area contributed by atoms with Crippen LogP contribution < -0.4 is 10.0 Å². The van der Waals surface area contributed by atoms with Crippen LogP contribution in [0.2, 0.25) is 5.02 Å². The predicted octanol–water partition coefficient (Wildman–Crippen LogP) is 3.34. The molecule has 0 radical (unpaired) electrons. The normalized spacial score (nSPS) is 11.9. The lowest BCUT2D eigenvalue weighted by molar-refractivity contribution is -0.137. The summed E-state index contributed by atoms with van der Waals surface area (Å²) in [5, 5.41) is 10.4. The highest BCUT2D eigenvalue weighted by Gasteiger charge is 2.32. The number of anilines is 1. The summed E-state index contributed by atoms with van der Waals surface area (Å²) in [4.78, 5) is 22.3. The summed E-state index contributed by atoms with van der Waals surface area (Å²) < 4.78 is 65.3. The summed E-state index contributed by atoms with van der Waals surface area (Å²) in [6.45, 7) is 0.725. The van der Waals surface area contributed by atoms with Crippen molar-refractivity contribution in [3.63, 3.8) is 0 Å². The van der Waals surface area contributed by atoms with Crippen molar-refractivity contribution in [2.75, 3.05) is 11.3 Å². The molecular formula is C15H12ClF3N2O5S2. The van der Waals surface area contributed by atoms with Crippen molar-refractivity contribution in [2.24, 2.45) is 0 Å². The van der Waals surface area contributed by atoms with Gasteiger partial charge >= 0.3 is 12.1 Å². The molecule has 0 unspecified atom stereocenters. The second kappa shape index (κ2) is 7.97. The minimum Gasteiger partial charge on any atom is -0.480 e. The van der Waals surface area contributed by atoms with E-state index in [4.69, 9.17) is 16.7 Å². The molecule has 2 aromatic rings. The first-order valence-electron chi connectivity index (χ1n) is 7.31. The number of hydrogen-bond donors (Lipinski definition) is 3. The Kier molecular flexibility index (Phi) is 6.26. The van der Waals surface area contributed by atoms with Crippen LogP contribution in [-0.4, -0.2) is 31.9 Å². The summed E-state index contributed by atoms with van der Waals surface area (Å²) in [5.41, 5.74) is -1.41. The smallest absolute Gasteiger partial charge is 0.416 e. The molecule has 0 bridgehead atoms. The zero-order chi connectivity index (χ0) is 21.3. The molecule has 0 aliphatic carbocycles. The molecule has 28 heavy (non-hydrogen) atoms. The fourth-order valence-electron chi connectivity index (χ4n) is 2.06. The topological polar surface area (TPSA) is 113 Å². The van der Waals surface area contributed by atoms with E-state index in [1.165, 1.54) is 13.0 Å². The molecule has 0 fully saturated rings.